The van der Waals surface area contributed by atoms with E-state index in [1.165, 1.54) is 11.3 Å². The number of halogens is 1. The Morgan fingerprint density at radius 2 is 2.20 bits per heavy atom. The fourth-order valence-corrected chi connectivity index (χ4v) is 6.89. The molecular formula is C15H21BrO2S2. The van der Waals surface area contributed by atoms with Crippen LogP contribution in [0.15, 0.2) is 15.9 Å². The van der Waals surface area contributed by atoms with Crippen LogP contribution in [-0.2, 0) is 9.54 Å². The summed E-state index contributed by atoms with van der Waals surface area (Å²) < 4.78 is 0.801. The molecule has 112 valence electrons. The summed E-state index contributed by atoms with van der Waals surface area (Å²) in [6, 6.07) is 4.15. The third kappa shape index (κ3) is 3.25. The topological polar surface area (TPSA) is 37.3 Å². The molecule has 1 fully saturated rings. The Hall–Kier alpha value is -0.0000000000000000833. The number of carboxylic acid groups (broad SMARTS) is 1. The van der Waals surface area contributed by atoms with Crippen molar-refractivity contribution in [1.29, 1.82) is 0 Å². The molecule has 2 heterocycles. The van der Waals surface area contributed by atoms with Crippen LogP contribution in [0.5, 0.6) is 0 Å². The van der Waals surface area contributed by atoms with Crippen molar-refractivity contribution in [3.8, 4) is 0 Å². The van der Waals surface area contributed by atoms with Crippen LogP contribution in [0.25, 0.3) is 0 Å². The molecule has 5 heteroatoms. The molecule has 2 unspecified atom stereocenters. The third-order valence-electron chi connectivity index (χ3n) is 4.01. The number of aliphatic carboxylic acids is 1. The van der Waals surface area contributed by atoms with Gasteiger partial charge in [0.15, 0.2) is 0 Å². The maximum Gasteiger partial charge on any atom is 0.305 e. The lowest BCUT2D eigenvalue weighted by Crippen LogP contribution is -2.43. The minimum absolute atomic E-state index is 0.110. The first kappa shape index (κ1) is 16.4. The van der Waals surface area contributed by atoms with Crippen LogP contribution in [0, 0.1) is 11.3 Å². The van der Waals surface area contributed by atoms with Gasteiger partial charge in [0.25, 0.3) is 0 Å². The number of rotatable bonds is 3. The summed E-state index contributed by atoms with van der Waals surface area (Å²) in [5.74, 6) is 0.739. The number of carbonyl (C=O) groups is 1. The van der Waals surface area contributed by atoms with E-state index in [-0.39, 0.29) is 16.6 Å². The molecule has 0 saturated carbocycles. The first-order valence-corrected chi connectivity index (χ1v) is 9.47. The second kappa shape index (κ2) is 6.01. The Bertz CT molecular complexity index is 492. The van der Waals surface area contributed by atoms with Crippen LogP contribution in [0.4, 0.5) is 0 Å². The van der Waals surface area contributed by atoms with E-state index in [0.29, 0.717) is 5.92 Å². The Balaban J connectivity index is 2.50. The Morgan fingerprint density at radius 3 is 2.70 bits per heavy atom. The number of hydrogen-bond donors (Lipinski definition) is 1. The lowest BCUT2D eigenvalue weighted by atomic mass is 9.68. The molecule has 1 aliphatic rings. The van der Waals surface area contributed by atoms with Gasteiger partial charge in [-0.3, -0.25) is 4.79 Å². The van der Waals surface area contributed by atoms with Crippen molar-refractivity contribution in [3.05, 3.63) is 20.8 Å². The molecule has 1 N–H and O–H groups in total. The molecule has 2 rings (SSSR count). The van der Waals surface area contributed by atoms with Gasteiger partial charge in [0.05, 0.1) is 15.0 Å². The summed E-state index contributed by atoms with van der Waals surface area (Å²) in [5.41, 5.74) is 0.110. The van der Waals surface area contributed by atoms with Gasteiger partial charge in [0.1, 0.15) is 0 Å². The van der Waals surface area contributed by atoms with Crippen LogP contribution in [-0.4, -0.2) is 16.8 Å². The van der Waals surface area contributed by atoms with E-state index < -0.39 is 5.97 Å². The highest BCUT2D eigenvalue weighted by Gasteiger charge is 2.50. The van der Waals surface area contributed by atoms with E-state index in [4.69, 9.17) is 0 Å². The van der Waals surface area contributed by atoms with Crippen molar-refractivity contribution in [1.82, 2.24) is 0 Å². The van der Waals surface area contributed by atoms with Gasteiger partial charge in [-0.1, -0.05) is 20.8 Å². The van der Waals surface area contributed by atoms with Gasteiger partial charge in [-0.05, 0) is 58.0 Å². The molecule has 0 amide bonds. The van der Waals surface area contributed by atoms with Gasteiger partial charge in [-0.15, -0.1) is 23.1 Å². The van der Waals surface area contributed by atoms with Crippen molar-refractivity contribution in [2.45, 2.75) is 44.8 Å². The van der Waals surface area contributed by atoms with E-state index in [1.807, 2.05) is 17.8 Å². The lowest BCUT2D eigenvalue weighted by Gasteiger charge is -2.48. The predicted octanol–water partition coefficient (Wildman–Crippen LogP) is 5.37. The van der Waals surface area contributed by atoms with Gasteiger partial charge < -0.3 is 5.11 Å². The predicted molar refractivity (Wildman–Crippen MR) is 90.6 cm³/mol. The molecule has 2 atom stereocenters. The van der Waals surface area contributed by atoms with E-state index in [0.717, 1.165) is 16.0 Å². The van der Waals surface area contributed by atoms with E-state index in [2.05, 4.69) is 42.8 Å². The summed E-state index contributed by atoms with van der Waals surface area (Å²) in [4.78, 5) is 12.7. The standard InChI is InChI=1S/C15H21BrO2S2/c1-14(2,3)10-5-4-8-19-15(10,9-13(17)18)11-6-7-12(16)20-11/h6-7,10H,4-5,8-9H2,1-3H3,(H,17,18). The van der Waals surface area contributed by atoms with Crippen LogP contribution in [0.1, 0.15) is 44.9 Å². The van der Waals surface area contributed by atoms with Crippen molar-refractivity contribution in [3.63, 3.8) is 0 Å². The fourth-order valence-electron chi connectivity index (χ4n) is 3.28. The molecule has 0 spiro atoms. The molecule has 1 saturated heterocycles. The smallest absolute Gasteiger partial charge is 0.305 e. The van der Waals surface area contributed by atoms with E-state index in [1.54, 1.807) is 11.3 Å². The molecule has 20 heavy (non-hydrogen) atoms. The van der Waals surface area contributed by atoms with Crippen LogP contribution in [0.2, 0.25) is 0 Å². The summed E-state index contributed by atoms with van der Waals surface area (Å²) >= 11 is 7.06. The number of thiophene rings is 1. The van der Waals surface area contributed by atoms with Crippen molar-refractivity contribution in [2.24, 2.45) is 11.3 Å². The molecule has 2 nitrogen and oxygen atoms in total. The monoisotopic (exact) mass is 376 g/mol. The van der Waals surface area contributed by atoms with Crippen LogP contribution < -0.4 is 0 Å². The number of thioether (sulfide) groups is 1. The second-order valence-electron chi connectivity index (χ2n) is 6.47. The first-order valence-electron chi connectivity index (χ1n) is 6.87. The van der Waals surface area contributed by atoms with Crippen LogP contribution >= 0.6 is 39.0 Å². The van der Waals surface area contributed by atoms with E-state index in [9.17, 15) is 9.90 Å². The minimum atomic E-state index is -0.696. The molecule has 0 bridgehead atoms. The average Bonchev–Trinajstić information content (AvgIpc) is 2.74. The van der Waals surface area contributed by atoms with Gasteiger partial charge in [-0.2, -0.15) is 0 Å². The Labute approximate surface area is 137 Å². The maximum atomic E-state index is 11.5. The highest BCUT2D eigenvalue weighted by Crippen LogP contribution is 2.58. The number of hydrogen-bond acceptors (Lipinski definition) is 3. The maximum absolute atomic E-state index is 11.5. The normalized spacial score (nSPS) is 27.5. The molecule has 0 aliphatic carbocycles. The summed E-state index contributed by atoms with van der Waals surface area (Å²) in [5, 5.41) is 9.46. The highest BCUT2D eigenvalue weighted by atomic mass is 79.9. The Morgan fingerprint density at radius 1 is 1.50 bits per heavy atom. The molecular weight excluding hydrogens is 356 g/mol. The minimum Gasteiger partial charge on any atom is -0.481 e. The SMILES string of the molecule is CC(C)(C)C1CCCSC1(CC(=O)O)c1ccc(Br)s1. The molecule has 0 aromatic carbocycles. The molecule has 1 aromatic heterocycles. The fraction of sp³-hybridized carbons (Fsp3) is 0.667. The zero-order valence-corrected chi connectivity index (χ0v) is 15.3. The van der Waals surface area contributed by atoms with Crippen molar-refractivity contribution < 1.29 is 9.90 Å². The third-order valence-corrected chi connectivity index (χ3v) is 7.60. The lowest BCUT2D eigenvalue weighted by molar-refractivity contribution is -0.138. The van der Waals surface area contributed by atoms with Gasteiger partial charge >= 0.3 is 5.97 Å². The van der Waals surface area contributed by atoms with Crippen molar-refractivity contribution >= 4 is 45.0 Å². The van der Waals surface area contributed by atoms with Gasteiger partial charge in [0, 0.05) is 4.88 Å². The van der Waals surface area contributed by atoms with Gasteiger partial charge in [0.2, 0.25) is 0 Å². The quantitative estimate of drug-likeness (QED) is 0.770. The highest BCUT2D eigenvalue weighted by molar-refractivity contribution is 9.11. The molecule has 0 radical (unpaired) electrons. The molecule has 1 aliphatic heterocycles. The molecule has 1 aromatic rings. The van der Waals surface area contributed by atoms with Gasteiger partial charge in [-0.25, -0.2) is 0 Å². The number of carboxylic acids is 1. The zero-order chi connectivity index (χ0) is 15.0. The summed E-state index contributed by atoms with van der Waals surface area (Å²) in [7, 11) is 0. The van der Waals surface area contributed by atoms with Crippen LogP contribution in [0.3, 0.4) is 0 Å². The summed E-state index contributed by atoms with van der Waals surface area (Å²) in [6.07, 6.45) is 2.51. The second-order valence-corrected chi connectivity index (χ2v) is 10.4. The van der Waals surface area contributed by atoms with E-state index >= 15 is 0 Å². The Kier molecular flexibility index (Phi) is 4.92. The summed E-state index contributed by atoms with van der Waals surface area (Å²) in [6.45, 7) is 6.72. The van der Waals surface area contributed by atoms with Crippen molar-refractivity contribution in [2.75, 3.05) is 5.75 Å². The largest absolute Gasteiger partial charge is 0.481 e. The average molecular weight is 377 g/mol. The first-order chi connectivity index (χ1) is 9.25. The zero-order valence-electron chi connectivity index (χ0n) is 12.1.